The highest BCUT2D eigenvalue weighted by atomic mass is 16.6. The predicted molar refractivity (Wildman–Crippen MR) is 78.8 cm³/mol. The largest absolute Gasteiger partial charge is 0.480 e. The van der Waals surface area contributed by atoms with E-state index in [-0.39, 0.29) is 6.42 Å². The first-order chi connectivity index (χ1) is 9.73. The monoisotopic (exact) mass is 294 g/mol. The molecular weight excluding hydrogens is 272 g/mol. The molecule has 0 aromatic heterocycles. The molecule has 0 fully saturated rings. The maximum absolute atomic E-state index is 11.7. The van der Waals surface area contributed by atoms with Crippen LogP contribution in [0.4, 0.5) is 4.79 Å². The van der Waals surface area contributed by atoms with E-state index < -0.39 is 23.7 Å². The minimum absolute atomic E-state index is 0.155. The average molecular weight is 294 g/mol. The van der Waals surface area contributed by atoms with Gasteiger partial charge in [-0.05, 0) is 31.9 Å². The number of amides is 1. The second-order valence-corrected chi connectivity index (χ2v) is 5.71. The van der Waals surface area contributed by atoms with E-state index in [2.05, 4.69) is 5.32 Å². The van der Waals surface area contributed by atoms with Crippen molar-refractivity contribution in [2.24, 2.45) is 5.73 Å². The summed E-state index contributed by atoms with van der Waals surface area (Å²) < 4.78 is 5.07. The lowest BCUT2D eigenvalue weighted by Crippen LogP contribution is -2.44. The third kappa shape index (κ3) is 5.83. The van der Waals surface area contributed by atoms with E-state index in [1.54, 1.807) is 32.9 Å². The van der Waals surface area contributed by atoms with E-state index in [0.29, 0.717) is 6.54 Å². The molecule has 0 spiro atoms. The molecule has 1 atom stereocenters. The lowest BCUT2D eigenvalue weighted by molar-refractivity contribution is -0.139. The quantitative estimate of drug-likeness (QED) is 0.766. The smallest absolute Gasteiger partial charge is 0.408 e. The van der Waals surface area contributed by atoms with E-state index in [1.165, 1.54) is 0 Å². The Labute approximate surface area is 124 Å². The van der Waals surface area contributed by atoms with Crippen LogP contribution in [0.5, 0.6) is 0 Å². The molecule has 1 aromatic rings. The van der Waals surface area contributed by atoms with Crippen LogP contribution in [0.3, 0.4) is 0 Å². The molecule has 1 rings (SSSR count). The Kier molecular flexibility index (Phi) is 5.72. The molecule has 0 aliphatic carbocycles. The number of hydrogen-bond donors (Lipinski definition) is 3. The number of carboxylic acid groups (broad SMARTS) is 1. The SMILES string of the molecule is CC(C)(C)OC(=O)N[C@H](Cc1ccccc1CN)C(=O)O. The Balaban J connectivity index is 2.79. The standard InChI is InChI=1S/C15H22N2O4/c1-15(2,3)21-14(20)17-12(13(18)19)8-10-6-4-5-7-11(10)9-16/h4-7,12H,8-9,16H2,1-3H3,(H,17,20)(H,18,19)/t12-/m1/s1. The van der Waals surface area contributed by atoms with Crippen molar-refractivity contribution in [1.82, 2.24) is 5.32 Å². The fraction of sp³-hybridized carbons (Fsp3) is 0.467. The minimum atomic E-state index is -1.12. The van der Waals surface area contributed by atoms with Crippen molar-refractivity contribution in [3.8, 4) is 0 Å². The summed E-state index contributed by atoms with van der Waals surface area (Å²) in [6, 6.07) is 6.22. The van der Waals surface area contributed by atoms with Crippen molar-refractivity contribution >= 4 is 12.1 Å². The number of alkyl carbamates (subject to hydrolysis) is 1. The number of carboxylic acids is 1. The number of hydrogen-bond acceptors (Lipinski definition) is 4. The first-order valence-electron chi connectivity index (χ1n) is 6.72. The van der Waals surface area contributed by atoms with E-state index in [0.717, 1.165) is 11.1 Å². The van der Waals surface area contributed by atoms with Crippen molar-refractivity contribution in [3.63, 3.8) is 0 Å². The van der Waals surface area contributed by atoms with Gasteiger partial charge in [0.25, 0.3) is 0 Å². The van der Waals surface area contributed by atoms with Gasteiger partial charge in [-0.3, -0.25) is 0 Å². The van der Waals surface area contributed by atoms with Crippen LogP contribution in [0.15, 0.2) is 24.3 Å². The zero-order chi connectivity index (χ0) is 16.0. The van der Waals surface area contributed by atoms with Crippen molar-refractivity contribution in [1.29, 1.82) is 0 Å². The highest BCUT2D eigenvalue weighted by molar-refractivity contribution is 5.80. The lowest BCUT2D eigenvalue weighted by atomic mass is 10.0. The number of aliphatic carboxylic acids is 1. The zero-order valence-corrected chi connectivity index (χ0v) is 12.6. The van der Waals surface area contributed by atoms with Crippen LogP contribution in [-0.4, -0.2) is 28.8 Å². The van der Waals surface area contributed by atoms with E-state index >= 15 is 0 Å². The van der Waals surface area contributed by atoms with Crippen LogP contribution in [0.2, 0.25) is 0 Å². The molecule has 4 N–H and O–H groups in total. The Morgan fingerprint density at radius 1 is 1.29 bits per heavy atom. The molecule has 0 saturated heterocycles. The van der Waals surface area contributed by atoms with Crippen LogP contribution < -0.4 is 11.1 Å². The van der Waals surface area contributed by atoms with E-state index in [1.807, 2.05) is 12.1 Å². The topological polar surface area (TPSA) is 102 Å². The molecule has 6 heteroatoms. The molecule has 0 aliphatic heterocycles. The normalized spacial score (nSPS) is 12.6. The van der Waals surface area contributed by atoms with Gasteiger partial charge in [-0.15, -0.1) is 0 Å². The molecule has 0 heterocycles. The number of benzene rings is 1. The predicted octanol–water partition coefficient (Wildman–Crippen LogP) is 1.67. The molecule has 1 aromatic carbocycles. The number of ether oxygens (including phenoxy) is 1. The fourth-order valence-electron chi connectivity index (χ4n) is 1.83. The van der Waals surface area contributed by atoms with E-state index in [9.17, 15) is 14.7 Å². The number of nitrogens with one attached hydrogen (secondary N) is 1. The van der Waals surface area contributed by atoms with Gasteiger partial charge in [-0.2, -0.15) is 0 Å². The molecule has 0 saturated carbocycles. The molecule has 0 unspecified atom stereocenters. The molecule has 21 heavy (non-hydrogen) atoms. The van der Waals surface area contributed by atoms with Gasteiger partial charge in [-0.25, -0.2) is 9.59 Å². The highest BCUT2D eigenvalue weighted by Gasteiger charge is 2.24. The first kappa shape index (κ1) is 17.0. The van der Waals surface area contributed by atoms with Gasteiger partial charge in [0.2, 0.25) is 0 Å². The summed E-state index contributed by atoms with van der Waals surface area (Å²) in [6.07, 6.45) is -0.595. The summed E-state index contributed by atoms with van der Waals surface area (Å²) in [5.74, 6) is -1.12. The molecular formula is C15H22N2O4. The summed E-state index contributed by atoms with van der Waals surface area (Å²) in [6.45, 7) is 5.46. The summed E-state index contributed by atoms with van der Waals surface area (Å²) in [7, 11) is 0. The maximum atomic E-state index is 11.7. The molecule has 0 aliphatic rings. The van der Waals surface area contributed by atoms with Gasteiger partial charge < -0.3 is 20.9 Å². The first-order valence-corrected chi connectivity index (χ1v) is 6.72. The molecule has 116 valence electrons. The van der Waals surface area contributed by atoms with Crippen molar-refractivity contribution in [2.75, 3.05) is 0 Å². The summed E-state index contributed by atoms with van der Waals surface area (Å²) in [5, 5.41) is 11.6. The van der Waals surface area contributed by atoms with Crippen molar-refractivity contribution < 1.29 is 19.4 Å². The average Bonchev–Trinajstić information content (AvgIpc) is 2.36. The van der Waals surface area contributed by atoms with Gasteiger partial charge in [0.15, 0.2) is 0 Å². The van der Waals surface area contributed by atoms with Crippen LogP contribution in [0, 0.1) is 0 Å². The Morgan fingerprint density at radius 2 is 1.86 bits per heavy atom. The van der Waals surface area contributed by atoms with Crippen molar-refractivity contribution in [2.45, 2.75) is 45.4 Å². The highest BCUT2D eigenvalue weighted by Crippen LogP contribution is 2.12. The molecule has 0 radical (unpaired) electrons. The second-order valence-electron chi connectivity index (χ2n) is 5.71. The molecule has 0 bridgehead atoms. The number of carbonyl (C=O) groups excluding carboxylic acids is 1. The van der Waals surface area contributed by atoms with Crippen LogP contribution in [0.1, 0.15) is 31.9 Å². The van der Waals surface area contributed by atoms with Gasteiger partial charge in [0.05, 0.1) is 0 Å². The Bertz CT molecular complexity index is 509. The molecule has 6 nitrogen and oxygen atoms in total. The van der Waals surface area contributed by atoms with E-state index in [4.69, 9.17) is 10.5 Å². The lowest BCUT2D eigenvalue weighted by Gasteiger charge is -2.22. The van der Waals surface area contributed by atoms with Crippen LogP contribution in [-0.2, 0) is 22.5 Å². The zero-order valence-electron chi connectivity index (χ0n) is 12.6. The summed E-state index contributed by atoms with van der Waals surface area (Å²) >= 11 is 0. The number of nitrogens with two attached hydrogens (primary N) is 1. The van der Waals surface area contributed by atoms with Crippen LogP contribution in [0.25, 0.3) is 0 Å². The Hall–Kier alpha value is -2.08. The van der Waals surface area contributed by atoms with Crippen molar-refractivity contribution in [3.05, 3.63) is 35.4 Å². The summed E-state index contributed by atoms with van der Waals surface area (Å²) in [5.41, 5.74) is 6.60. The van der Waals surface area contributed by atoms with Crippen LogP contribution >= 0.6 is 0 Å². The summed E-state index contributed by atoms with van der Waals surface area (Å²) in [4.78, 5) is 23.0. The number of carbonyl (C=O) groups is 2. The maximum Gasteiger partial charge on any atom is 0.408 e. The Morgan fingerprint density at radius 3 is 2.33 bits per heavy atom. The second kappa shape index (κ2) is 7.08. The molecule has 1 amide bonds. The number of rotatable bonds is 5. The third-order valence-electron chi connectivity index (χ3n) is 2.75. The van der Waals surface area contributed by atoms with Gasteiger partial charge >= 0.3 is 12.1 Å². The minimum Gasteiger partial charge on any atom is -0.480 e. The fourth-order valence-corrected chi connectivity index (χ4v) is 1.83. The van der Waals surface area contributed by atoms with Gasteiger partial charge in [0, 0.05) is 13.0 Å². The third-order valence-corrected chi connectivity index (χ3v) is 2.75. The van der Waals surface area contributed by atoms with Gasteiger partial charge in [-0.1, -0.05) is 24.3 Å². The van der Waals surface area contributed by atoms with Gasteiger partial charge in [0.1, 0.15) is 11.6 Å².